The quantitative estimate of drug-likeness (QED) is 0.0261. The van der Waals surface area contributed by atoms with E-state index in [0.29, 0.717) is 19.3 Å². The van der Waals surface area contributed by atoms with Crippen LogP contribution in [-0.2, 0) is 28.6 Å². The van der Waals surface area contributed by atoms with Crippen molar-refractivity contribution >= 4 is 17.9 Å². The molecule has 6 heteroatoms. The Hall–Kier alpha value is -3.15. The molecule has 83 heavy (non-hydrogen) atoms. The standard InChI is InChI=1S/C77H138O6/c1-4-7-10-13-16-18-20-22-24-26-28-30-32-34-35-36-37-38-39-40-41-43-44-46-48-50-52-54-56-58-61-64-67-70-76(79)82-73-74(72-81-75(78)69-66-63-60-15-12-9-6-3)83-77(80)71-68-65-62-59-57-55-53-51-49-47-45-42-33-31-29-27-25-23-21-19-17-14-11-8-5-2/h20-23,26-29,32-34,42,74H,4-19,24-25,30-31,35-41,43-73H2,1-3H3/b22-20-,23-21-,28-26-,29-27-,34-32-,42-33-. The minimum Gasteiger partial charge on any atom is -0.462 e. The van der Waals surface area contributed by atoms with E-state index in [9.17, 15) is 14.4 Å². The first-order valence-corrected chi connectivity index (χ1v) is 36.4. The molecule has 0 bridgehead atoms. The number of ether oxygens (including phenoxy) is 3. The van der Waals surface area contributed by atoms with Gasteiger partial charge in [-0.3, -0.25) is 14.4 Å². The lowest BCUT2D eigenvalue weighted by Crippen LogP contribution is -2.30. The lowest BCUT2D eigenvalue weighted by Gasteiger charge is -2.18. The second-order valence-corrected chi connectivity index (χ2v) is 24.5. The van der Waals surface area contributed by atoms with Gasteiger partial charge in [-0.2, -0.15) is 0 Å². The van der Waals surface area contributed by atoms with Gasteiger partial charge in [0.25, 0.3) is 0 Å². The van der Waals surface area contributed by atoms with Crippen LogP contribution in [0.4, 0.5) is 0 Å². The first kappa shape index (κ1) is 79.8. The lowest BCUT2D eigenvalue weighted by atomic mass is 10.0. The molecule has 1 atom stereocenters. The maximum absolute atomic E-state index is 12.9. The highest BCUT2D eigenvalue weighted by Crippen LogP contribution is 2.18. The topological polar surface area (TPSA) is 78.9 Å². The predicted octanol–water partition coefficient (Wildman–Crippen LogP) is 25.2. The van der Waals surface area contributed by atoms with E-state index in [-0.39, 0.29) is 31.1 Å². The summed E-state index contributed by atoms with van der Waals surface area (Å²) in [6, 6.07) is 0. The molecule has 0 amide bonds. The van der Waals surface area contributed by atoms with Gasteiger partial charge in [0.15, 0.2) is 6.10 Å². The average molecular weight is 1160 g/mol. The smallest absolute Gasteiger partial charge is 0.306 e. The molecule has 0 aliphatic rings. The lowest BCUT2D eigenvalue weighted by molar-refractivity contribution is -0.167. The molecule has 1 unspecified atom stereocenters. The summed E-state index contributed by atoms with van der Waals surface area (Å²) in [6.07, 6.45) is 94.0. The average Bonchev–Trinajstić information content (AvgIpc) is 3.50. The Morgan fingerprint density at radius 2 is 0.434 bits per heavy atom. The van der Waals surface area contributed by atoms with Crippen molar-refractivity contribution in [3.05, 3.63) is 72.9 Å². The van der Waals surface area contributed by atoms with Gasteiger partial charge in [0.1, 0.15) is 13.2 Å². The summed E-state index contributed by atoms with van der Waals surface area (Å²) in [5, 5.41) is 0. The van der Waals surface area contributed by atoms with Crippen molar-refractivity contribution in [1.82, 2.24) is 0 Å². The molecule has 0 N–H and O–H groups in total. The van der Waals surface area contributed by atoms with Crippen LogP contribution >= 0.6 is 0 Å². The van der Waals surface area contributed by atoms with Gasteiger partial charge in [-0.05, 0) is 96.3 Å². The fourth-order valence-electron chi connectivity index (χ4n) is 10.7. The van der Waals surface area contributed by atoms with Crippen LogP contribution in [0.2, 0.25) is 0 Å². The summed E-state index contributed by atoms with van der Waals surface area (Å²) in [5.41, 5.74) is 0. The number of unbranched alkanes of at least 4 members (excludes halogenated alkanes) is 44. The van der Waals surface area contributed by atoms with Crippen LogP contribution in [0, 0.1) is 0 Å². The summed E-state index contributed by atoms with van der Waals surface area (Å²) in [7, 11) is 0. The van der Waals surface area contributed by atoms with E-state index in [0.717, 1.165) is 83.5 Å². The van der Waals surface area contributed by atoms with Crippen molar-refractivity contribution in [3.63, 3.8) is 0 Å². The van der Waals surface area contributed by atoms with Gasteiger partial charge < -0.3 is 14.2 Å². The summed E-state index contributed by atoms with van der Waals surface area (Å²) in [5.74, 6) is -0.864. The van der Waals surface area contributed by atoms with Crippen molar-refractivity contribution in [2.45, 2.75) is 386 Å². The molecule has 0 rings (SSSR count). The van der Waals surface area contributed by atoms with E-state index in [1.807, 2.05) is 0 Å². The zero-order valence-electron chi connectivity index (χ0n) is 55.5. The molecule has 0 aromatic heterocycles. The van der Waals surface area contributed by atoms with Crippen LogP contribution in [0.5, 0.6) is 0 Å². The van der Waals surface area contributed by atoms with Crippen LogP contribution < -0.4 is 0 Å². The van der Waals surface area contributed by atoms with Crippen molar-refractivity contribution in [2.24, 2.45) is 0 Å². The van der Waals surface area contributed by atoms with Crippen molar-refractivity contribution in [1.29, 1.82) is 0 Å². The van der Waals surface area contributed by atoms with Gasteiger partial charge in [0.2, 0.25) is 0 Å². The first-order valence-electron chi connectivity index (χ1n) is 36.4. The fraction of sp³-hybridized carbons (Fsp3) is 0.805. The summed E-state index contributed by atoms with van der Waals surface area (Å²) in [6.45, 7) is 6.62. The number of esters is 3. The van der Waals surface area contributed by atoms with Gasteiger partial charge >= 0.3 is 17.9 Å². The van der Waals surface area contributed by atoms with Gasteiger partial charge in [0, 0.05) is 19.3 Å². The zero-order chi connectivity index (χ0) is 59.9. The molecule has 0 heterocycles. The van der Waals surface area contributed by atoms with E-state index in [1.54, 1.807) is 0 Å². The van der Waals surface area contributed by atoms with Crippen molar-refractivity contribution in [3.8, 4) is 0 Å². The number of rotatable bonds is 67. The number of carbonyl (C=O) groups excluding carboxylic acids is 3. The molecule has 482 valence electrons. The monoisotopic (exact) mass is 1160 g/mol. The van der Waals surface area contributed by atoms with Gasteiger partial charge in [-0.25, -0.2) is 0 Å². The summed E-state index contributed by atoms with van der Waals surface area (Å²) in [4.78, 5) is 38.2. The largest absolute Gasteiger partial charge is 0.462 e. The van der Waals surface area contributed by atoms with Crippen LogP contribution in [0.1, 0.15) is 380 Å². The van der Waals surface area contributed by atoms with Crippen LogP contribution in [0.15, 0.2) is 72.9 Å². The molecule has 0 aromatic rings. The minimum atomic E-state index is -0.774. The number of hydrogen-bond donors (Lipinski definition) is 0. The van der Waals surface area contributed by atoms with Gasteiger partial charge in [0.05, 0.1) is 0 Å². The molecule has 0 aliphatic heterocycles. The Morgan fingerprint density at radius 1 is 0.241 bits per heavy atom. The molecule has 0 spiro atoms. The normalized spacial score (nSPS) is 12.5. The molecule has 6 nitrogen and oxygen atoms in total. The third kappa shape index (κ3) is 69.5. The SMILES string of the molecule is CCCCCCC/C=C\C/C=C\C/C=C\CCCCCCCCCCCCCCCCCCCCC(=O)OCC(COC(=O)CCCCCCCCC)OC(=O)CCCCCCCCCCCC/C=C\C/C=C\C/C=C\CCCCCCC. The minimum absolute atomic E-state index is 0.0726. The van der Waals surface area contributed by atoms with E-state index in [2.05, 4.69) is 93.7 Å². The Balaban J connectivity index is 4.03. The Labute approximate surface area is 516 Å². The molecular formula is C77H138O6. The number of allylic oxidation sites excluding steroid dienone is 12. The molecule has 0 radical (unpaired) electrons. The summed E-state index contributed by atoms with van der Waals surface area (Å²) >= 11 is 0. The highest BCUT2D eigenvalue weighted by atomic mass is 16.6. The third-order valence-corrected chi connectivity index (χ3v) is 16.2. The molecule has 0 aliphatic carbocycles. The molecule has 0 fully saturated rings. The summed E-state index contributed by atoms with van der Waals surface area (Å²) < 4.78 is 16.9. The van der Waals surface area contributed by atoms with Crippen LogP contribution in [0.25, 0.3) is 0 Å². The molecular weight excluding hydrogens is 1020 g/mol. The van der Waals surface area contributed by atoms with E-state index >= 15 is 0 Å². The van der Waals surface area contributed by atoms with Crippen molar-refractivity contribution < 1.29 is 28.6 Å². The van der Waals surface area contributed by atoms with Crippen molar-refractivity contribution in [2.75, 3.05) is 13.2 Å². The maximum atomic E-state index is 12.9. The van der Waals surface area contributed by atoms with E-state index < -0.39 is 6.10 Å². The Bertz CT molecular complexity index is 1520. The molecule has 0 aromatic carbocycles. The highest BCUT2D eigenvalue weighted by molar-refractivity contribution is 5.71. The number of hydrogen-bond acceptors (Lipinski definition) is 6. The highest BCUT2D eigenvalue weighted by Gasteiger charge is 2.19. The molecule has 0 saturated heterocycles. The van der Waals surface area contributed by atoms with Gasteiger partial charge in [-0.15, -0.1) is 0 Å². The van der Waals surface area contributed by atoms with E-state index in [1.165, 1.54) is 257 Å². The van der Waals surface area contributed by atoms with Gasteiger partial charge in [-0.1, -0.05) is 338 Å². The van der Waals surface area contributed by atoms with E-state index in [4.69, 9.17) is 14.2 Å². The second-order valence-electron chi connectivity index (χ2n) is 24.5. The van der Waals surface area contributed by atoms with Crippen LogP contribution in [-0.4, -0.2) is 37.2 Å². The number of carbonyl (C=O) groups is 3. The Kier molecular flexibility index (Phi) is 68.6. The zero-order valence-corrected chi connectivity index (χ0v) is 55.5. The predicted molar refractivity (Wildman–Crippen MR) is 362 cm³/mol. The third-order valence-electron chi connectivity index (χ3n) is 16.2. The molecule has 0 saturated carbocycles. The Morgan fingerprint density at radius 3 is 0.675 bits per heavy atom. The van der Waals surface area contributed by atoms with Crippen LogP contribution in [0.3, 0.4) is 0 Å². The maximum Gasteiger partial charge on any atom is 0.306 e. The fourth-order valence-corrected chi connectivity index (χ4v) is 10.7. The first-order chi connectivity index (χ1) is 41.0. The second kappa shape index (κ2) is 71.3.